The summed E-state index contributed by atoms with van der Waals surface area (Å²) in [6.45, 7) is 9.35. The standard InChI is InChI=1S/C25H20FN5O4/c1-14(20(15-7-5-4-6-8-15)18-10-9-16(26)11-19(18)27-2)23-30-21(22(32)25(34)31(23)3)24(33)29-17-12-28-35-13-17/h4-14,20,32H,1,3H3,(H,29,33)/t14-,20-/m0/s1. The van der Waals surface area contributed by atoms with E-state index in [-0.39, 0.29) is 17.2 Å². The fraction of sp³-hybridized carbons (Fsp3) is 0.160. The lowest BCUT2D eigenvalue weighted by Crippen LogP contribution is -2.29. The van der Waals surface area contributed by atoms with Gasteiger partial charge in [0.25, 0.3) is 11.5 Å². The molecule has 0 saturated heterocycles. The predicted molar refractivity (Wildman–Crippen MR) is 125 cm³/mol. The Labute approximate surface area is 199 Å². The minimum Gasteiger partial charge on any atom is -0.501 e. The molecule has 2 atom stereocenters. The van der Waals surface area contributed by atoms with Gasteiger partial charge in [0.15, 0.2) is 11.4 Å². The summed E-state index contributed by atoms with van der Waals surface area (Å²) in [5.41, 5.74) is 0.412. The molecule has 4 aromatic rings. The summed E-state index contributed by atoms with van der Waals surface area (Å²) in [4.78, 5) is 33.5. The molecule has 4 rings (SSSR count). The van der Waals surface area contributed by atoms with Crippen LogP contribution in [0.15, 0.2) is 70.3 Å². The maximum absolute atomic E-state index is 13.9. The predicted octanol–water partition coefficient (Wildman–Crippen LogP) is 4.35. The van der Waals surface area contributed by atoms with Crippen LogP contribution in [0.2, 0.25) is 0 Å². The molecule has 0 aliphatic rings. The van der Waals surface area contributed by atoms with E-state index in [9.17, 15) is 19.1 Å². The number of aromatic nitrogens is 3. The largest absolute Gasteiger partial charge is 0.501 e. The molecule has 176 valence electrons. The summed E-state index contributed by atoms with van der Waals surface area (Å²) >= 11 is 0. The van der Waals surface area contributed by atoms with Gasteiger partial charge in [0, 0.05) is 18.9 Å². The molecule has 9 nitrogen and oxygen atoms in total. The summed E-state index contributed by atoms with van der Waals surface area (Å²) in [6, 6.07) is 13.2. The maximum Gasteiger partial charge on any atom is 0.296 e. The van der Waals surface area contributed by atoms with Crippen LogP contribution in [0.3, 0.4) is 0 Å². The van der Waals surface area contributed by atoms with Gasteiger partial charge in [0.2, 0.25) is 5.75 Å². The number of aromatic hydroxyl groups is 1. The number of hydrogen-bond acceptors (Lipinski definition) is 6. The number of nitrogens with zero attached hydrogens (tertiary/aromatic N) is 4. The smallest absolute Gasteiger partial charge is 0.296 e. The molecule has 35 heavy (non-hydrogen) atoms. The van der Waals surface area contributed by atoms with Crippen LogP contribution in [-0.4, -0.2) is 25.7 Å². The van der Waals surface area contributed by atoms with E-state index in [1.165, 1.54) is 31.6 Å². The highest BCUT2D eigenvalue weighted by molar-refractivity contribution is 6.04. The molecular formula is C25H20FN5O4. The molecule has 2 aromatic carbocycles. The summed E-state index contributed by atoms with van der Waals surface area (Å²) in [5.74, 6) is -3.06. The van der Waals surface area contributed by atoms with Crippen molar-refractivity contribution in [3.8, 4) is 5.75 Å². The van der Waals surface area contributed by atoms with Crippen LogP contribution in [0, 0.1) is 12.4 Å². The number of amides is 1. The Bertz CT molecular complexity index is 1480. The summed E-state index contributed by atoms with van der Waals surface area (Å²) in [7, 11) is 1.44. The Balaban J connectivity index is 1.87. The van der Waals surface area contributed by atoms with Crippen molar-refractivity contribution in [3.63, 3.8) is 0 Å². The number of carbonyl (C=O) groups excluding carboxylic acids is 1. The second-order valence-electron chi connectivity index (χ2n) is 7.89. The molecular weight excluding hydrogens is 453 g/mol. The first-order chi connectivity index (χ1) is 16.8. The molecule has 0 fully saturated rings. The van der Waals surface area contributed by atoms with Crippen LogP contribution in [0.4, 0.5) is 15.8 Å². The second-order valence-corrected chi connectivity index (χ2v) is 7.89. The lowest BCUT2D eigenvalue weighted by atomic mass is 9.80. The SMILES string of the molecule is [C-]#[N+]c1cc(F)ccc1[C@H](c1ccccc1)[C@H](C)c1nc(C(=O)Nc2cnoc2)c(O)c(=O)n1C. The van der Waals surface area contributed by atoms with E-state index in [1.54, 1.807) is 6.92 Å². The molecule has 0 unspecified atom stereocenters. The van der Waals surface area contributed by atoms with Gasteiger partial charge in [-0.3, -0.25) is 14.2 Å². The molecule has 2 aromatic heterocycles. The highest BCUT2D eigenvalue weighted by Crippen LogP contribution is 2.41. The number of halogens is 1. The number of benzene rings is 2. The van der Waals surface area contributed by atoms with E-state index in [0.717, 1.165) is 16.2 Å². The molecule has 0 saturated carbocycles. The van der Waals surface area contributed by atoms with Crippen molar-refractivity contribution in [3.05, 3.63) is 111 Å². The van der Waals surface area contributed by atoms with Crippen LogP contribution in [0.25, 0.3) is 4.85 Å². The van der Waals surface area contributed by atoms with Gasteiger partial charge < -0.3 is 14.9 Å². The first-order valence-corrected chi connectivity index (χ1v) is 10.5. The van der Waals surface area contributed by atoms with Crippen molar-refractivity contribution in [2.45, 2.75) is 18.8 Å². The van der Waals surface area contributed by atoms with E-state index in [0.29, 0.717) is 5.56 Å². The number of carbonyl (C=O) groups is 1. The lowest BCUT2D eigenvalue weighted by molar-refractivity contribution is 0.101. The zero-order valence-electron chi connectivity index (χ0n) is 18.8. The van der Waals surface area contributed by atoms with Gasteiger partial charge in [-0.2, -0.15) is 0 Å². The Morgan fingerprint density at radius 2 is 2.00 bits per heavy atom. The third kappa shape index (κ3) is 4.52. The molecule has 0 aliphatic carbocycles. The van der Waals surface area contributed by atoms with Gasteiger partial charge in [0.1, 0.15) is 23.6 Å². The van der Waals surface area contributed by atoms with Gasteiger partial charge in [-0.05, 0) is 23.3 Å². The quantitative estimate of drug-likeness (QED) is 0.403. The second kappa shape index (κ2) is 9.61. The Kier molecular flexibility index (Phi) is 6.42. The molecule has 2 heterocycles. The number of nitrogens with one attached hydrogen (secondary N) is 1. The normalized spacial score (nSPS) is 12.5. The van der Waals surface area contributed by atoms with E-state index in [4.69, 9.17) is 6.57 Å². The highest BCUT2D eigenvalue weighted by Gasteiger charge is 2.30. The van der Waals surface area contributed by atoms with Crippen molar-refractivity contribution in [2.24, 2.45) is 7.05 Å². The summed E-state index contributed by atoms with van der Waals surface area (Å²) < 4.78 is 19.7. The third-order valence-corrected chi connectivity index (χ3v) is 5.72. The number of hydrogen-bond donors (Lipinski definition) is 2. The van der Waals surface area contributed by atoms with Crippen LogP contribution >= 0.6 is 0 Å². The van der Waals surface area contributed by atoms with Crippen molar-refractivity contribution in [2.75, 3.05) is 5.32 Å². The zero-order valence-corrected chi connectivity index (χ0v) is 18.8. The van der Waals surface area contributed by atoms with Crippen molar-refractivity contribution in [1.29, 1.82) is 0 Å². The Morgan fingerprint density at radius 1 is 1.26 bits per heavy atom. The first-order valence-electron chi connectivity index (χ1n) is 10.5. The Hall–Kier alpha value is -4.78. The minimum absolute atomic E-state index is 0.125. The topological polar surface area (TPSA) is 115 Å². The van der Waals surface area contributed by atoms with Crippen LogP contribution in [0.5, 0.6) is 5.75 Å². The van der Waals surface area contributed by atoms with Gasteiger partial charge in [-0.25, -0.2) is 14.2 Å². The van der Waals surface area contributed by atoms with E-state index < -0.39 is 40.6 Å². The monoisotopic (exact) mass is 473 g/mol. The number of rotatable bonds is 6. The number of anilines is 1. The lowest BCUT2D eigenvalue weighted by Gasteiger charge is -2.27. The molecule has 0 bridgehead atoms. The van der Waals surface area contributed by atoms with Gasteiger partial charge in [0.05, 0.1) is 12.8 Å². The average molecular weight is 473 g/mol. The van der Waals surface area contributed by atoms with E-state index >= 15 is 0 Å². The Morgan fingerprint density at radius 3 is 2.66 bits per heavy atom. The minimum atomic E-state index is -0.822. The summed E-state index contributed by atoms with van der Waals surface area (Å²) in [6.07, 6.45) is 2.44. The molecule has 0 aliphatic heterocycles. The van der Waals surface area contributed by atoms with Crippen LogP contribution < -0.4 is 10.9 Å². The maximum atomic E-state index is 13.9. The molecule has 2 N–H and O–H groups in total. The average Bonchev–Trinajstić information content (AvgIpc) is 3.37. The molecule has 10 heteroatoms. The van der Waals surface area contributed by atoms with Crippen molar-refractivity contribution in [1.82, 2.24) is 14.7 Å². The molecule has 0 radical (unpaired) electrons. The third-order valence-electron chi connectivity index (χ3n) is 5.72. The zero-order chi connectivity index (χ0) is 25.1. The molecule has 0 spiro atoms. The van der Waals surface area contributed by atoms with Crippen molar-refractivity contribution >= 4 is 17.3 Å². The first kappa shape index (κ1) is 23.4. The summed E-state index contributed by atoms with van der Waals surface area (Å²) in [5, 5.41) is 16.3. The van der Waals surface area contributed by atoms with E-state index in [2.05, 4.69) is 24.8 Å². The fourth-order valence-corrected chi connectivity index (χ4v) is 4.05. The van der Waals surface area contributed by atoms with Crippen LogP contribution in [0.1, 0.15) is 46.2 Å². The highest BCUT2D eigenvalue weighted by atomic mass is 19.1. The molecule has 1 amide bonds. The van der Waals surface area contributed by atoms with Crippen molar-refractivity contribution < 1.29 is 18.8 Å². The van der Waals surface area contributed by atoms with Gasteiger partial charge >= 0.3 is 0 Å². The van der Waals surface area contributed by atoms with Gasteiger partial charge in [-0.1, -0.05) is 48.5 Å². The van der Waals surface area contributed by atoms with E-state index in [1.807, 2.05) is 30.3 Å². The van der Waals surface area contributed by atoms with Gasteiger partial charge in [-0.15, -0.1) is 0 Å². The fourth-order valence-electron chi connectivity index (χ4n) is 4.05. The van der Waals surface area contributed by atoms with Crippen LogP contribution in [-0.2, 0) is 7.05 Å².